The van der Waals surface area contributed by atoms with Crippen molar-refractivity contribution in [2.45, 2.75) is 6.04 Å². The molecule has 2 aliphatic heterocycles. The van der Waals surface area contributed by atoms with E-state index in [2.05, 4.69) is 26.1 Å². The Morgan fingerprint density at radius 1 is 1.65 bits per heavy atom. The van der Waals surface area contributed by atoms with Crippen LogP contribution in [0.25, 0.3) is 0 Å². The number of carbonyl (C=O) groups is 1. The van der Waals surface area contributed by atoms with Crippen molar-refractivity contribution in [3.05, 3.63) is 8.66 Å². The number of aliphatic hydroxyl groups is 1. The van der Waals surface area contributed by atoms with Crippen molar-refractivity contribution in [3.8, 4) is 5.75 Å². The maximum Gasteiger partial charge on any atom is 0.263 e. The predicted octanol–water partition coefficient (Wildman–Crippen LogP) is 0.814. The van der Waals surface area contributed by atoms with Crippen molar-refractivity contribution in [1.29, 1.82) is 0 Å². The molecule has 2 N–H and O–H groups in total. The topological polar surface area (TPSA) is 61.8 Å². The van der Waals surface area contributed by atoms with Crippen LogP contribution >= 0.6 is 27.3 Å². The van der Waals surface area contributed by atoms with Crippen LogP contribution in [0.1, 0.15) is 9.67 Å². The molecule has 1 amide bonds. The summed E-state index contributed by atoms with van der Waals surface area (Å²) < 4.78 is 6.43. The highest BCUT2D eigenvalue weighted by molar-refractivity contribution is 9.11. The first kappa shape index (κ1) is 11.3. The molecule has 92 valence electrons. The van der Waals surface area contributed by atoms with Gasteiger partial charge in [-0.2, -0.15) is 0 Å². The first-order valence-electron chi connectivity index (χ1n) is 5.33. The Labute approximate surface area is 110 Å². The molecule has 0 saturated heterocycles. The summed E-state index contributed by atoms with van der Waals surface area (Å²) in [7, 11) is 0. The van der Waals surface area contributed by atoms with Crippen LogP contribution in [0, 0.1) is 0 Å². The Bertz CT molecular complexity index is 476. The van der Waals surface area contributed by atoms with Crippen LogP contribution in [0.5, 0.6) is 5.75 Å². The van der Waals surface area contributed by atoms with E-state index in [0.29, 0.717) is 24.6 Å². The molecular weight excluding hydrogens is 308 g/mol. The molecule has 0 radical (unpaired) electrons. The summed E-state index contributed by atoms with van der Waals surface area (Å²) in [6.07, 6.45) is 0. The van der Waals surface area contributed by atoms with Crippen LogP contribution < -0.4 is 15.0 Å². The van der Waals surface area contributed by atoms with Gasteiger partial charge < -0.3 is 20.1 Å². The minimum Gasteiger partial charge on any atom is -0.487 e. The number of halogens is 1. The van der Waals surface area contributed by atoms with Gasteiger partial charge >= 0.3 is 0 Å². The molecular formula is C10H11BrN2O3S. The Hall–Kier alpha value is -0.790. The van der Waals surface area contributed by atoms with Crippen LogP contribution in [0.15, 0.2) is 3.79 Å². The summed E-state index contributed by atoms with van der Waals surface area (Å²) in [5.74, 6) is 0.634. The average Bonchev–Trinajstić information content (AvgIpc) is 2.61. The molecule has 3 heterocycles. The van der Waals surface area contributed by atoms with Crippen molar-refractivity contribution >= 4 is 38.9 Å². The highest BCUT2D eigenvalue weighted by Crippen LogP contribution is 2.48. The van der Waals surface area contributed by atoms with E-state index >= 15 is 0 Å². The molecule has 17 heavy (non-hydrogen) atoms. The van der Waals surface area contributed by atoms with E-state index in [4.69, 9.17) is 4.74 Å². The fourth-order valence-electron chi connectivity index (χ4n) is 2.21. The molecule has 0 unspecified atom stereocenters. The molecule has 1 atom stereocenters. The standard InChI is InChI=1S/C10H11BrN2O3S/c11-9-7-6-8(17-9)10(15)12-3-5(4-14)13(6)1-2-16-7/h5,14H,1-4H2,(H,12,15)/t5-/m1/s1. The van der Waals surface area contributed by atoms with E-state index in [-0.39, 0.29) is 18.6 Å². The lowest BCUT2D eigenvalue weighted by Gasteiger charge is -2.34. The van der Waals surface area contributed by atoms with Gasteiger partial charge in [-0.15, -0.1) is 11.3 Å². The molecule has 1 aromatic heterocycles. The summed E-state index contributed by atoms with van der Waals surface area (Å²) in [6.45, 7) is 1.76. The van der Waals surface area contributed by atoms with Crippen LogP contribution in [0.4, 0.5) is 5.69 Å². The summed E-state index contributed by atoms with van der Waals surface area (Å²) in [4.78, 5) is 14.7. The van der Waals surface area contributed by atoms with Gasteiger partial charge in [0, 0.05) is 6.54 Å². The zero-order valence-corrected chi connectivity index (χ0v) is 11.3. The fourth-order valence-corrected chi connectivity index (χ4v) is 3.89. The molecule has 5 nitrogen and oxygen atoms in total. The van der Waals surface area contributed by atoms with E-state index in [9.17, 15) is 9.90 Å². The minimum absolute atomic E-state index is 0.0205. The van der Waals surface area contributed by atoms with Gasteiger partial charge in [-0.05, 0) is 15.9 Å². The number of ether oxygens (including phenoxy) is 1. The monoisotopic (exact) mass is 318 g/mol. The zero-order chi connectivity index (χ0) is 12.0. The van der Waals surface area contributed by atoms with Gasteiger partial charge in [0.1, 0.15) is 21.0 Å². The molecule has 0 fully saturated rings. The lowest BCUT2D eigenvalue weighted by atomic mass is 10.2. The van der Waals surface area contributed by atoms with Gasteiger partial charge in [0.15, 0.2) is 5.75 Å². The van der Waals surface area contributed by atoms with Gasteiger partial charge in [-0.25, -0.2) is 0 Å². The summed E-state index contributed by atoms with van der Waals surface area (Å²) in [5.41, 5.74) is 0.821. The minimum atomic E-state index is -0.0941. The van der Waals surface area contributed by atoms with Gasteiger partial charge in [-0.1, -0.05) is 0 Å². The number of carbonyl (C=O) groups excluding carboxylic acids is 1. The Kier molecular flexibility index (Phi) is 2.76. The second-order valence-corrected chi connectivity index (χ2v) is 6.31. The lowest BCUT2D eigenvalue weighted by Crippen LogP contribution is -2.46. The van der Waals surface area contributed by atoms with E-state index in [1.54, 1.807) is 0 Å². The van der Waals surface area contributed by atoms with Gasteiger partial charge in [0.25, 0.3) is 5.91 Å². The number of aliphatic hydroxyl groups excluding tert-OH is 1. The van der Waals surface area contributed by atoms with E-state index in [0.717, 1.165) is 15.2 Å². The number of hydrogen-bond donors (Lipinski definition) is 2. The number of nitrogens with zero attached hydrogens (tertiary/aromatic N) is 1. The van der Waals surface area contributed by atoms with E-state index in [1.165, 1.54) is 11.3 Å². The van der Waals surface area contributed by atoms with Crippen LogP contribution in [-0.4, -0.2) is 43.4 Å². The number of nitrogens with one attached hydrogen (secondary N) is 1. The van der Waals surface area contributed by atoms with Crippen LogP contribution in [-0.2, 0) is 0 Å². The Morgan fingerprint density at radius 3 is 3.24 bits per heavy atom. The third kappa shape index (κ3) is 1.64. The lowest BCUT2D eigenvalue weighted by molar-refractivity contribution is 0.0956. The zero-order valence-electron chi connectivity index (χ0n) is 8.90. The fraction of sp³-hybridized carbons (Fsp3) is 0.500. The second-order valence-electron chi connectivity index (χ2n) is 3.97. The average molecular weight is 319 g/mol. The predicted molar refractivity (Wildman–Crippen MR) is 68.1 cm³/mol. The largest absolute Gasteiger partial charge is 0.487 e. The number of rotatable bonds is 1. The first-order chi connectivity index (χ1) is 8.22. The Morgan fingerprint density at radius 2 is 2.47 bits per heavy atom. The third-order valence-corrected chi connectivity index (χ3v) is 4.82. The molecule has 0 aromatic carbocycles. The van der Waals surface area contributed by atoms with Gasteiger partial charge in [0.05, 0.1) is 19.2 Å². The smallest absolute Gasteiger partial charge is 0.263 e. The second kappa shape index (κ2) is 4.15. The molecule has 2 aliphatic rings. The van der Waals surface area contributed by atoms with Crippen molar-refractivity contribution in [1.82, 2.24) is 5.32 Å². The quantitative estimate of drug-likeness (QED) is 0.804. The summed E-state index contributed by atoms with van der Waals surface area (Å²) in [6, 6.07) is -0.0793. The molecule has 0 saturated carbocycles. The summed E-state index contributed by atoms with van der Waals surface area (Å²) in [5, 5.41) is 12.2. The van der Waals surface area contributed by atoms with Crippen molar-refractivity contribution in [2.24, 2.45) is 0 Å². The van der Waals surface area contributed by atoms with Crippen molar-refractivity contribution in [3.63, 3.8) is 0 Å². The summed E-state index contributed by atoms with van der Waals surface area (Å²) >= 11 is 4.79. The van der Waals surface area contributed by atoms with Gasteiger partial charge in [0.2, 0.25) is 0 Å². The normalized spacial score (nSPS) is 22.6. The Balaban J connectivity index is 2.17. The van der Waals surface area contributed by atoms with Crippen molar-refractivity contribution in [2.75, 3.05) is 31.2 Å². The highest BCUT2D eigenvalue weighted by Gasteiger charge is 2.36. The maximum atomic E-state index is 11.9. The maximum absolute atomic E-state index is 11.9. The molecule has 0 aliphatic carbocycles. The van der Waals surface area contributed by atoms with E-state index in [1.807, 2.05) is 0 Å². The molecule has 7 heteroatoms. The van der Waals surface area contributed by atoms with Crippen LogP contribution in [0.2, 0.25) is 0 Å². The number of amides is 1. The molecule has 1 aromatic rings. The number of thiophene rings is 1. The molecule has 3 rings (SSSR count). The third-order valence-electron chi connectivity index (χ3n) is 3.02. The highest BCUT2D eigenvalue weighted by atomic mass is 79.9. The van der Waals surface area contributed by atoms with Gasteiger partial charge in [-0.3, -0.25) is 4.79 Å². The number of hydrogen-bond acceptors (Lipinski definition) is 5. The van der Waals surface area contributed by atoms with Crippen LogP contribution in [0.3, 0.4) is 0 Å². The van der Waals surface area contributed by atoms with E-state index < -0.39 is 0 Å². The SMILES string of the molecule is O=C1NC[C@H](CO)N2CCOc3c(Br)sc1c32. The molecule has 0 bridgehead atoms. The molecule has 0 spiro atoms. The number of anilines is 1. The van der Waals surface area contributed by atoms with Crippen molar-refractivity contribution < 1.29 is 14.6 Å². The first-order valence-corrected chi connectivity index (χ1v) is 6.94.